The van der Waals surface area contributed by atoms with E-state index < -0.39 is 23.7 Å². The molecule has 0 saturated carbocycles. The lowest BCUT2D eigenvalue weighted by Crippen LogP contribution is -2.42. The van der Waals surface area contributed by atoms with Crippen molar-refractivity contribution in [3.63, 3.8) is 0 Å². The highest BCUT2D eigenvalue weighted by Crippen LogP contribution is 2.32. The summed E-state index contributed by atoms with van der Waals surface area (Å²) in [7, 11) is 0. The molecule has 3 rings (SSSR count). The minimum Gasteiger partial charge on any atom is -0.445 e. The Morgan fingerprint density at radius 1 is 1.12 bits per heavy atom. The summed E-state index contributed by atoms with van der Waals surface area (Å²) < 4.78 is 15.9. The highest BCUT2D eigenvalue weighted by Gasteiger charge is 2.23. The molecular formula is C25H26ClNO6. The summed E-state index contributed by atoms with van der Waals surface area (Å²) >= 11 is 6.36. The van der Waals surface area contributed by atoms with Crippen LogP contribution in [0.4, 0.5) is 4.79 Å². The predicted molar refractivity (Wildman–Crippen MR) is 126 cm³/mol. The zero-order valence-electron chi connectivity index (χ0n) is 18.6. The standard InChI is InChI=1S/C25H26ClNO6/c1-3-5-11-17-12-23(28)32-21-14-22(19(26)13-18(17)21)33-24(29)20(4-2)27-25(30)31-15-16-9-7-6-8-10-16/h6-10,12-14,20H,3-5,11,15H2,1-2H3,(H,27,30). The lowest BCUT2D eigenvalue weighted by molar-refractivity contribution is -0.136. The van der Waals surface area contributed by atoms with Crippen LogP contribution < -0.4 is 15.7 Å². The monoisotopic (exact) mass is 471 g/mol. The van der Waals surface area contributed by atoms with Gasteiger partial charge in [-0.3, -0.25) is 0 Å². The van der Waals surface area contributed by atoms with E-state index in [-0.39, 0.29) is 29.4 Å². The van der Waals surface area contributed by atoms with Crippen LogP contribution in [0.15, 0.2) is 57.7 Å². The second-order valence-corrected chi connectivity index (χ2v) is 7.97. The first-order valence-electron chi connectivity index (χ1n) is 10.9. The number of hydrogen-bond acceptors (Lipinski definition) is 6. The third-order valence-corrected chi connectivity index (χ3v) is 5.39. The molecular weight excluding hydrogens is 446 g/mol. The largest absolute Gasteiger partial charge is 0.445 e. The van der Waals surface area contributed by atoms with Gasteiger partial charge in [0.25, 0.3) is 0 Å². The van der Waals surface area contributed by atoms with Crippen LogP contribution in [0.3, 0.4) is 0 Å². The number of unbranched alkanes of at least 4 members (excludes halogenated alkanes) is 1. The molecule has 1 aromatic heterocycles. The summed E-state index contributed by atoms with van der Waals surface area (Å²) in [6, 6.07) is 12.8. The van der Waals surface area contributed by atoms with E-state index in [1.54, 1.807) is 13.0 Å². The fourth-order valence-corrected chi connectivity index (χ4v) is 3.50. The number of rotatable bonds is 9. The molecule has 2 aromatic carbocycles. The van der Waals surface area contributed by atoms with E-state index in [1.165, 1.54) is 12.1 Å². The molecule has 3 aromatic rings. The number of benzene rings is 2. The first-order valence-corrected chi connectivity index (χ1v) is 11.2. The van der Waals surface area contributed by atoms with Crippen LogP contribution in [0.1, 0.15) is 44.2 Å². The second-order valence-electron chi connectivity index (χ2n) is 7.56. The molecule has 0 bridgehead atoms. The highest BCUT2D eigenvalue weighted by atomic mass is 35.5. The van der Waals surface area contributed by atoms with Crippen LogP contribution in [0.25, 0.3) is 11.0 Å². The summed E-state index contributed by atoms with van der Waals surface area (Å²) in [6.07, 6.45) is 2.14. The predicted octanol–water partition coefficient (Wildman–Crippen LogP) is 5.40. The maximum Gasteiger partial charge on any atom is 0.408 e. The van der Waals surface area contributed by atoms with Crippen molar-refractivity contribution in [2.75, 3.05) is 0 Å². The first-order chi connectivity index (χ1) is 15.9. The molecule has 0 fully saturated rings. The number of carbonyl (C=O) groups excluding carboxylic acids is 2. The average Bonchev–Trinajstić information content (AvgIpc) is 2.81. The van der Waals surface area contributed by atoms with Crippen molar-refractivity contribution in [3.8, 4) is 5.75 Å². The average molecular weight is 472 g/mol. The van der Waals surface area contributed by atoms with E-state index in [9.17, 15) is 14.4 Å². The van der Waals surface area contributed by atoms with Gasteiger partial charge in [0.1, 0.15) is 18.2 Å². The molecule has 1 atom stereocenters. The third-order valence-electron chi connectivity index (χ3n) is 5.09. The third kappa shape index (κ3) is 6.58. The van der Waals surface area contributed by atoms with E-state index in [0.29, 0.717) is 11.8 Å². The highest BCUT2D eigenvalue weighted by molar-refractivity contribution is 6.33. The van der Waals surface area contributed by atoms with Gasteiger partial charge in [0, 0.05) is 17.5 Å². The maximum atomic E-state index is 12.7. The first kappa shape index (κ1) is 24.3. The normalized spacial score (nSPS) is 11.7. The number of amides is 1. The van der Waals surface area contributed by atoms with Gasteiger partial charge in [-0.25, -0.2) is 14.4 Å². The number of fused-ring (bicyclic) bond motifs is 1. The Labute approximate surface area is 196 Å². The molecule has 33 heavy (non-hydrogen) atoms. The molecule has 1 N–H and O–H groups in total. The Bertz CT molecular complexity index is 1170. The summed E-state index contributed by atoms with van der Waals surface area (Å²) in [5.41, 5.74) is 1.45. The second kappa shape index (κ2) is 11.5. The number of aryl methyl sites for hydroxylation is 1. The Kier molecular flexibility index (Phi) is 8.49. The number of halogens is 1. The Morgan fingerprint density at radius 3 is 2.58 bits per heavy atom. The van der Waals surface area contributed by atoms with Gasteiger partial charge < -0.3 is 19.2 Å². The van der Waals surface area contributed by atoms with Crippen LogP contribution >= 0.6 is 11.6 Å². The number of hydrogen-bond donors (Lipinski definition) is 1. The summed E-state index contributed by atoms with van der Waals surface area (Å²) in [5, 5.41) is 3.40. The van der Waals surface area contributed by atoms with Crippen molar-refractivity contribution in [2.45, 2.75) is 52.2 Å². The number of esters is 1. The van der Waals surface area contributed by atoms with E-state index >= 15 is 0 Å². The molecule has 174 valence electrons. The Balaban J connectivity index is 1.70. The van der Waals surface area contributed by atoms with Crippen molar-refractivity contribution >= 4 is 34.6 Å². The van der Waals surface area contributed by atoms with Crippen molar-refractivity contribution in [1.29, 1.82) is 0 Å². The molecule has 0 spiro atoms. The molecule has 0 aliphatic carbocycles. The van der Waals surface area contributed by atoms with Crippen LogP contribution in [0, 0.1) is 0 Å². The minimum absolute atomic E-state index is 0.0443. The maximum absolute atomic E-state index is 12.7. The smallest absolute Gasteiger partial charge is 0.408 e. The van der Waals surface area contributed by atoms with Gasteiger partial charge in [-0.1, -0.05) is 62.2 Å². The van der Waals surface area contributed by atoms with Gasteiger partial charge in [-0.2, -0.15) is 0 Å². The van der Waals surface area contributed by atoms with Crippen molar-refractivity contribution in [1.82, 2.24) is 5.32 Å². The molecule has 0 radical (unpaired) electrons. The number of nitrogens with one attached hydrogen (secondary N) is 1. The molecule has 1 unspecified atom stereocenters. The zero-order chi connectivity index (χ0) is 23.8. The topological polar surface area (TPSA) is 94.8 Å². The van der Waals surface area contributed by atoms with Gasteiger partial charge in [0.2, 0.25) is 0 Å². The molecule has 0 aliphatic heterocycles. The van der Waals surface area contributed by atoms with E-state index in [0.717, 1.165) is 24.0 Å². The quantitative estimate of drug-likeness (QED) is 0.255. The van der Waals surface area contributed by atoms with Gasteiger partial charge in [-0.05, 0) is 36.5 Å². The number of alkyl carbamates (subject to hydrolysis) is 1. The molecule has 1 heterocycles. The lowest BCUT2D eigenvalue weighted by atomic mass is 10.0. The van der Waals surface area contributed by atoms with Crippen molar-refractivity contribution in [3.05, 3.63) is 75.1 Å². The van der Waals surface area contributed by atoms with Gasteiger partial charge in [0.15, 0.2) is 5.75 Å². The summed E-state index contributed by atoms with van der Waals surface area (Å²) in [4.78, 5) is 36.8. The molecule has 1 amide bonds. The van der Waals surface area contributed by atoms with E-state index in [4.69, 9.17) is 25.5 Å². The summed E-state index contributed by atoms with van der Waals surface area (Å²) in [6.45, 7) is 3.87. The lowest BCUT2D eigenvalue weighted by Gasteiger charge is -2.16. The van der Waals surface area contributed by atoms with E-state index in [1.807, 2.05) is 30.3 Å². The fraction of sp³-hybridized carbons (Fsp3) is 0.320. The molecule has 0 saturated heterocycles. The Hall–Kier alpha value is -3.32. The van der Waals surface area contributed by atoms with Gasteiger partial charge in [-0.15, -0.1) is 0 Å². The zero-order valence-corrected chi connectivity index (χ0v) is 19.3. The molecule has 7 nitrogen and oxygen atoms in total. The van der Waals surface area contributed by atoms with Crippen LogP contribution in [0.5, 0.6) is 5.75 Å². The number of carbonyl (C=O) groups is 2. The number of ether oxygens (including phenoxy) is 2. The van der Waals surface area contributed by atoms with Crippen molar-refractivity contribution in [2.24, 2.45) is 0 Å². The SMILES string of the molecule is CCCCc1cc(=O)oc2cc(OC(=O)C(CC)NC(=O)OCc3ccccc3)c(Cl)cc12. The Morgan fingerprint density at radius 2 is 1.88 bits per heavy atom. The minimum atomic E-state index is -0.942. The van der Waals surface area contributed by atoms with Gasteiger partial charge >= 0.3 is 17.7 Å². The van der Waals surface area contributed by atoms with Crippen LogP contribution in [-0.4, -0.2) is 18.1 Å². The molecule has 8 heteroatoms. The van der Waals surface area contributed by atoms with E-state index in [2.05, 4.69) is 12.2 Å². The van der Waals surface area contributed by atoms with Crippen molar-refractivity contribution < 1.29 is 23.5 Å². The van der Waals surface area contributed by atoms with Crippen LogP contribution in [-0.2, 0) is 22.6 Å². The summed E-state index contributed by atoms with van der Waals surface area (Å²) in [5.74, 6) is -0.664. The van der Waals surface area contributed by atoms with Crippen LogP contribution in [0.2, 0.25) is 5.02 Å². The molecule has 0 aliphatic rings. The fourth-order valence-electron chi connectivity index (χ4n) is 3.29. The van der Waals surface area contributed by atoms with Gasteiger partial charge in [0.05, 0.1) is 5.02 Å².